The van der Waals surface area contributed by atoms with Crippen molar-refractivity contribution in [3.8, 4) is 34.3 Å². The number of nitrogens with one attached hydrogen (secondary N) is 1. The highest BCUT2D eigenvalue weighted by Crippen LogP contribution is 2.36. The Morgan fingerprint density at radius 3 is 2.93 bits per heavy atom. The van der Waals surface area contributed by atoms with Gasteiger partial charge in [0.05, 0.1) is 12.8 Å². The van der Waals surface area contributed by atoms with E-state index in [1.807, 2.05) is 41.8 Å². The third-order valence-electron chi connectivity index (χ3n) is 4.39. The van der Waals surface area contributed by atoms with Gasteiger partial charge in [-0.3, -0.25) is 10.1 Å². The molecule has 1 amide bonds. The number of anilines is 1. The Balaban J connectivity index is 1.36. The zero-order valence-electron chi connectivity index (χ0n) is 16.3. The predicted molar refractivity (Wildman–Crippen MR) is 115 cm³/mol. The summed E-state index contributed by atoms with van der Waals surface area (Å²) in [6.45, 7) is 3.79. The minimum atomic E-state index is -0.307. The van der Waals surface area contributed by atoms with E-state index in [0.29, 0.717) is 28.1 Å². The van der Waals surface area contributed by atoms with Gasteiger partial charge in [-0.2, -0.15) is 0 Å². The Hall–Kier alpha value is -3.52. The average Bonchev–Trinajstić information content (AvgIpc) is 3.41. The molecule has 1 aliphatic rings. The molecule has 8 heteroatoms. The van der Waals surface area contributed by atoms with Crippen molar-refractivity contribution in [2.45, 2.75) is 6.42 Å². The number of methoxy groups -OCH3 is 1. The molecule has 4 rings (SSSR count). The second-order valence-electron chi connectivity index (χ2n) is 6.42. The number of allylic oxidation sites excluding steroid dienone is 1. The number of rotatable bonds is 8. The van der Waals surface area contributed by atoms with Crippen LogP contribution in [0.5, 0.6) is 23.0 Å². The van der Waals surface area contributed by atoms with Gasteiger partial charge in [-0.05, 0) is 42.3 Å². The van der Waals surface area contributed by atoms with Crippen molar-refractivity contribution < 1.29 is 23.7 Å². The van der Waals surface area contributed by atoms with E-state index in [4.69, 9.17) is 18.9 Å². The van der Waals surface area contributed by atoms with Gasteiger partial charge in [0.1, 0.15) is 0 Å². The summed E-state index contributed by atoms with van der Waals surface area (Å²) in [5, 5.41) is 5.12. The minimum Gasteiger partial charge on any atom is -0.493 e. The highest BCUT2D eigenvalue weighted by molar-refractivity contribution is 7.14. The summed E-state index contributed by atoms with van der Waals surface area (Å²) in [6.07, 6.45) is 2.54. The summed E-state index contributed by atoms with van der Waals surface area (Å²) < 4.78 is 21.7. The molecule has 0 fully saturated rings. The number of hydrogen-bond acceptors (Lipinski definition) is 7. The minimum absolute atomic E-state index is 0.157. The summed E-state index contributed by atoms with van der Waals surface area (Å²) in [6, 6.07) is 11.2. The zero-order chi connectivity index (χ0) is 20.9. The van der Waals surface area contributed by atoms with E-state index in [1.54, 1.807) is 13.2 Å². The first-order valence-corrected chi connectivity index (χ1v) is 10.1. The topological polar surface area (TPSA) is 78.9 Å². The normalized spacial score (nSPS) is 11.8. The van der Waals surface area contributed by atoms with E-state index in [9.17, 15) is 4.79 Å². The average molecular weight is 424 g/mol. The second-order valence-corrected chi connectivity index (χ2v) is 7.28. The van der Waals surface area contributed by atoms with Gasteiger partial charge in [0.2, 0.25) is 6.79 Å². The Bertz CT molecular complexity index is 1080. The lowest BCUT2D eigenvalue weighted by Gasteiger charge is -2.11. The van der Waals surface area contributed by atoms with Gasteiger partial charge in [-0.1, -0.05) is 12.1 Å². The highest BCUT2D eigenvalue weighted by atomic mass is 32.1. The fourth-order valence-electron chi connectivity index (χ4n) is 2.94. The maximum absolute atomic E-state index is 12.3. The van der Waals surface area contributed by atoms with Gasteiger partial charge in [-0.25, -0.2) is 4.98 Å². The molecule has 1 aromatic heterocycles. The lowest BCUT2D eigenvalue weighted by Crippen LogP contribution is -2.20. The molecule has 0 unspecified atom stereocenters. The molecule has 1 aliphatic heterocycles. The van der Waals surface area contributed by atoms with Crippen LogP contribution in [0.15, 0.2) is 54.4 Å². The molecule has 0 saturated heterocycles. The van der Waals surface area contributed by atoms with Crippen molar-refractivity contribution in [1.82, 2.24) is 4.98 Å². The number of hydrogen-bond donors (Lipinski definition) is 1. The lowest BCUT2D eigenvalue weighted by atomic mass is 10.1. The zero-order valence-corrected chi connectivity index (χ0v) is 17.2. The van der Waals surface area contributed by atoms with Crippen molar-refractivity contribution in [1.29, 1.82) is 0 Å². The Labute approximate surface area is 177 Å². The van der Waals surface area contributed by atoms with Crippen LogP contribution in [0.4, 0.5) is 5.13 Å². The van der Waals surface area contributed by atoms with Gasteiger partial charge in [0, 0.05) is 10.9 Å². The van der Waals surface area contributed by atoms with Gasteiger partial charge >= 0.3 is 0 Å². The summed E-state index contributed by atoms with van der Waals surface area (Å²) in [4.78, 5) is 16.8. The molecular weight excluding hydrogens is 404 g/mol. The van der Waals surface area contributed by atoms with Crippen molar-refractivity contribution in [2.24, 2.45) is 0 Å². The fraction of sp³-hybridized carbons (Fsp3) is 0.182. The second kappa shape index (κ2) is 8.87. The number of nitrogens with zero attached hydrogens (tertiary/aromatic N) is 1. The van der Waals surface area contributed by atoms with Crippen LogP contribution >= 0.6 is 11.3 Å². The van der Waals surface area contributed by atoms with Crippen LogP contribution in [0.25, 0.3) is 11.3 Å². The Morgan fingerprint density at radius 1 is 1.23 bits per heavy atom. The quantitative estimate of drug-likeness (QED) is 0.544. The Kier molecular flexibility index (Phi) is 5.85. The van der Waals surface area contributed by atoms with E-state index in [-0.39, 0.29) is 19.3 Å². The van der Waals surface area contributed by atoms with Crippen molar-refractivity contribution >= 4 is 22.4 Å². The highest BCUT2D eigenvalue weighted by Gasteiger charge is 2.16. The third kappa shape index (κ3) is 4.38. The maximum atomic E-state index is 12.3. The van der Waals surface area contributed by atoms with Gasteiger partial charge in [0.15, 0.2) is 34.7 Å². The first-order chi connectivity index (χ1) is 14.7. The van der Waals surface area contributed by atoms with Gasteiger partial charge < -0.3 is 18.9 Å². The molecule has 2 aromatic carbocycles. The van der Waals surface area contributed by atoms with Gasteiger partial charge in [-0.15, -0.1) is 17.9 Å². The summed E-state index contributed by atoms with van der Waals surface area (Å²) >= 11 is 1.34. The number of aromatic nitrogens is 1. The predicted octanol–water partition coefficient (Wildman–Crippen LogP) is 4.29. The molecule has 0 aliphatic carbocycles. The fourth-order valence-corrected chi connectivity index (χ4v) is 3.68. The van der Waals surface area contributed by atoms with Crippen LogP contribution in [-0.2, 0) is 11.2 Å². The molecule has 7 nitrogen and oxygen atoms in total. The molecular formula is C22H20N2O5S. The molecule has 0 bridgehead atoms. The molecule has 3 aromatic rings. The van der Waals surface area contributed by atoms with E-state index in [2.05, 4.69) is 16.9 Å². The monoisotopic (exact) mass is 424 g/mol. The molecule has 154 valence electrons. The lowest BCUT2D eigenvalue weighted by molar-refractivity contribution is -0.118. The van der Waals surface area contributed by atoms with E-state index in [1.165, 1.54) is 11.3 Å². The van der Waals surface area contributed by atoms with Crippen LogP contribution in [0.2, 0.25) is 0 Å². The molecule has 0 radical (unpaired) electrons. The summed E-state index contributed by atoms with van der Waals surface area (Å²) in [5.41, 5.74) is 2.68. The SMILES string of the molecule is C=CCc1ccc(OCC(=O)Nc2nc(-c3ccc4c(c3)OCO4)cs2)c(OC)c1. The molecule has 0 atom stereocenters. The number of amides is 1. The maximum Gasteiger partial charge on any atom is 0.264 e. The number of carbonyl (C=O) groups excluding carboxylic acids is 1. The van der Waals surface area contributed by atoms with Crippen LogP contribution in [0.3, 0.4) is 0 Å². The smallest absolute Gasteiger partial charge is 0.264 e. The van der Waals surface area contributed by atoms with Crippen molar-refractivity contribution in [3.05, 3.63) is 60.0 Å². The van der Waals surface area contributed by atoms with Crippen molar-refractivity contribution in [3.63, 3.8) is 0 Å². The first kappa shape index (κ1) is 19.8. The summed E-state index contributed by atoms with van der Waals surface area (Å²) in [5.74, 6) is 2.17. The van der Waals surface area contributed by atoms with Crippen LogP contribution in [-0.4, -0.2) is 31.4 Å². The molecule has 0 spiro atoms. The Morgan fingerprint density at radius 2 is 2.10 bits per heavy atom. The van der Waals surface area contributed by atoms with Crippen LogP contribution < -0.4 is 24.3 Å². The molecule has 0 saturated carbocycles. The number of benzene rings is 2. The van der Waals surface area contributed by atoms with Gasteiger partial charge in [0.25, 0.3) is 5.91 Å². The van der Waals surface area contributed by atoms with Crippen LogP contribution in [0, 0.1) is 0 Å². The number of thiazole rings is 1. The molecule has 1 N–H and O–H groups in total. The third-order valence-corrected chi connectivity index (χ3v) is 5.14. The largest absolute Gasteiger partial charge is 0.493 e. The van der Waals surface area contributed by atoms with E-state index < -0.39 is 0 Å². The van der Waals surface area contributed by atoms with Crippen molar-refractivity contribution in [2.75, 3.05) is 25.8 Å². The van der Waals surface area contributed by atoms with Crippen LogP contribution in [0.1, 0.15) is 5.56 Å². The molecule has 30 heavy (non-hydrogen) atoms. The van der Waals surface area contributed by atoms with E-state index in [0.717, 1.165) is 23.2 Å². The standard InChI is InChI=1S/C22H20N2O5S/c1-3-4-14-5-7-17(19(9-14)26-2)27-11-21(25)24-22-23-16(12-30-22)15-6-8-18-20(10-15)29-13-28-18/h3,5-10,12H,1,4,11,13H2,2H3,(H,23,24,25). The number of carbonyl (C=O) groups is 1. The first-order valence-electron chi connectivity index (χ1n) is 9.22. The number of fused-ring (bicyclic) bond motifs is 1. The summed E-state index contributed by atoms with van der Waals surface area (Å²) in [7, 11) is 1.56. The number of ether oxygens (including phenoxy) is 4. The molecule has 2 heterocycles. The van der Waals surface area contributed by atoms with E-state index >= 15 is 0 Å².